The SMILES string of the molecule is Cc1c(C)n(C)c(=O)n(-c2ccc(C[C@H](NC(=O)c3cc(F)c(NS(=O)(=O)c4ccc(C(=O)NC(C)(C)C)c(O)c4)cc3F)C(=O)O)cc2)c1=O. The van der Waals surface area contributed by atoms with Crippen LogP contribution in [0.1, 0.15) is 58.3 Å². The number of carbonyl (C=O) groups excluding carboxylic acids is 2. The average molecular weight is 728 g/mol. The third-order valence-corrected chi connectivity index (χ3v) is 9.21. The summed E-state index contributed by atoms with van der Waals surface area (Å²) in [6.07, 6.45) is -0.327. The molecule has 1 atom stereocenters. The molecule has 4 aromatic rings. The van der Waals surface area contributed by atoms with Crippen LogP contribution in [0.5, 0.6) is 5.75 Å². The molecule has 0 saturated carbocycles. The number of phenols is 1. The smallest absolute Gasteiger partial charge is 0.335 e. The number of aliphatic carboxylic acids is 1. The molecule has 0 aliphatic heterocycles. The Morgan fingerprint density at radius 2 is 1.53 bits per heavy atom. The van der Waals surface area contributed by atoms with E-state index in [1.54, 1.807) is 34.6 Å². The zero-order valence-electron chi connectivity index (χ0n) is 28.3. The van der Waals surface area contributed by atoms with Gasteiger partial charge in [0.1, 0.15) is 23.4 Å². The molecule has 14 nitrogen and oxygen atoms in total. The molecule has 17 heteroatoms. The molecule has 51 heavy (non-hydrogen) atoms. The number of hydrogen-bond acceptors (Lipinski definition) is 8. The highest BCUT2D eigenvalue weighted by molar-refractivity contribution is 7.92. The molecule has 0 bridgehead atoms. The van der Waals surface area contributed by atoms with Crippen LogP contribution in [0.2, 0.25) is 0 Å². The lowest BCUT2D eigenvalue weighted by atomic mass is 10.0. The highest BCUT2D eigenvalue weighted by atomic mass is 32.2. The second kappa shape index (κ2) is 14.2. The highest BCUT2D eigenvalue weighted by Gasteiger charge is 2.27. The van der Waals surface area contributed by atoms with E-state index in [4.69, 9.17) is 0 Å². The molecule has 2 amide bonds. The van der Waals surface area contributed by atoms with Gasteiger partial charge < -0.3 is 25.4 Å². The topological polar surface area (TPSA) is 206 Å². The first-order valence-electron chi connectivity index (χ1n) is 15.2. The zero-order valence-corrected chi connectivity index (χ0v) is 29.1. The summed E-state index contributed by atoms with van der Waals surface area (Å²) in [7, 11) is -3.13. The quantitative estimate of drug-likeness (QED) is 0.163. The van der Waals surface area contributed by atoms with Gasteiger partial charge in [-0.2, -0.15) is 0 Å². The molecule has 0 radical (unpaired) electrons. The van der Waals surface area contributed by atoms with Crippen LogP contribution in [0.4, 0.5) is 14.5 Å². The first-order valence-corrected chi connectivity index (χ1v) is 16.7. The van der Waals surface area contributed by atoms with Crippen molar-refractivity contribution in [1.29, 1.82) is 0 Å². The van der Waals surface area contributed by atoms with Crippen LogP contribution in [0.25, 0.3) is 5.69 Å². The summed E-state index contributed by atoms with van der Waals surface area (Å²) in [5.41, 5.74) is -2.39. The minimum atomic E-state index is -4.65. The lowest BCUT2D eigenvalue weighted by Crippen LogP contribution is -2.42. The largest absolute Gasteiger partial charge is 0.507 e. The summed E-state index contributed by atoms with van der Waals surface area (Å²) in [6.45, 7) is 8.30. The fraction of sp³-hybridized carbons (Fsp3) is 0.265. The molecule has 270 valence electrons. The van der Waals surface area contributed by atoms with Crippen LogP contribution in [0.3, 0.4) is 0 Å². The number of phenolic OH excluding ortho intramolecular Hbond substituents is 1. The number of carboxylic acids is 1. The average Bonchev–Trinajstić information content (AvgIpc) is 3.03. The number of hydrogen-bond donors (Lipinski definition) is 5. The number of anilines is 1. The van der Waals surface area contributed by atoms with Crippen molar-refractivity contribution in [2.24, 2.45) is 7.05 Å². The van der Waals surface area contributed by atoms with Crippen molar-refractivity contribution in [3.63, 3.8) is 0 Å². The number of nitrogens with zero attached hydrogens (tertiary/aromatic N) is 2. The van der Waals surface area contributed by atoms with E-state index in [2.05, 4.69) is 10.6 Å². The number of aromatic nitrogens is 2. The molecule has 5 N–H and O–H groups in total. The lowest BCUT2D eigenvalue weighted by Gasteiger charge is -2.21. The number of rotatable bonds is 10. The fourth-order valence-electron chi connectivity index (χ4n) is 4.92. The van der Waals surface area contributed by atoms with Crippen molar-refractivity contribution in [2.75, 3.05) is 4.72 Å². The maximum absolute atomic E-state index is 15.1. The van der Waals surface area contributed by atoms with Gasteiger partial charge in [-0.3, -0.25) is 19.1 Å². The number of halogens is 2. The third kappa shape index (κ3) is 8.31. The van der Waals surface area contributed by atoms with Crippen molar-refractivity contribution in [1.82, 2.24) is 19.8 Å². The number of carboxylic acid groups (broad SMARTS) is 1. The summed E-state index contributed by atoms with van der Waals surface area (Å²) in [5, 5.41) is 24.8. The normalized spacial score (nSPS) is 12.2. The van der Waals surface area contributed by atoms with E-state index in [9.17, 15) is 42.6 Å². The van der Waals surface area contributed by atoms with Crippen molar-refractivity contribution >= 4 is 33.5 Å². The van der Waals surface area contributed by atoms with Gasteiger partial charge in [0.05, 0.1) is 27.4 Å². The van der Waals surface area contributed by atoms with Crippen LogP contribution in [0.15, 0.2) is 69.1 Å². The highest BCUT2D eigenvalue weighted by Crippen LogP contribution is 2.27. The van der Waals surface area contributed by atoms with Crippen LogP contribution in [-0.2, 0) is 28.3 Å². The lowest BCUT2D eigenvalue weighted by molar-refractivity contribution is -0.139. The predicted octanol–water partition coefficient (Wildman–Crippen LogP) is 2.89. The Labute approximate surface area is 290 Å². The van der Waals surface area contributed by atoms with E-state index in [1.165, 1.54) is 35.9 Å². The number of nitrogens with one attached hydrogen (secondary N) is 3. The monoisotopic (exact) mass is 727 g/mol. The van der Waals surface area contributed by atoms with Crippen molar-refractivity contribution in [3.8, 4) is 11.4 Å². The van der Waals surface area contributed by atoms with Crippen LogP contribution < -0.4 is 26.6 Å². The van der Waals surface area contributed by atoms with E-state index in [0.29, 0.717) is 29.0 Å². The van der Waals surface area contributed by atoms with Gasteiger partial charge >= 0.3 is 11.7 Å². The molecule has 4 rings (SSSR count). The zero-order chi connectivity index (χ0) is 38.2. The molecule has 1 aromatic heterocycles. The standard InChI is InChI=1S/C34H35F2N5O9S/c1-17-18(2)40(6)33(48)41(31(17)45)20-9-7-19(8-10-20)13-27(32(46)47)37-29(43)23-15-25(36)26(16-24(23)35)39-51(49,50)21-11-12-22(28(42)14-21)30(44)38-34(3,4)5/h7-12,14-16,27,39,42H,13H2,1-6H3,(H,37,43)(H,38,44)(H,46,47)/t27-/m0/s1. The molecule has 0 aliphatic carbocycles. The molecule has 0 spiro atoms. The van der Waals surface area contributed by atoms with Gasteiger partial charge in [-0.15, -0.1) is 0 Å². The Bertz CT molecular complexity index is 2260. The second-order valence-corrected chi connectivity index (χ2v) is 14.4. The van der Waals surface area contributed by atoms with Crippen LogP contribution in [-0.4, -0.2) is 57.1 Å². The molecular formula is C34H35F2N5O9S. The number of carbonyl (C=O) groups is 3. The van der Waals surface area contributed by atoms with Crippen LogP contribution in [0, 0.1) is 25.5 Å². The molecule has 0 saturated heterocycles. The van der Waals surface area contributed by atoms with E-state index < -0.39 is 84.2 Å². The molecule has 0 aliphatic rings. The number of aromatic hydroxyl groups is 1. The second-order valence-electron chi connectivity index (χ2n) is 12.7. The molecule has 1 heterocycles. The minimum Gasteiger partial charge on any atom is -0.507 e. The maximum Gasteiger partial charge on any atom is 0.335 e. The van der Waals surface area contributed by atoms with E-state index in [-0.39, 0.29) is 17.7 Å². The van der Waals surface area contributed by atoms with Gasteiger partial charge in [-0.1, -0.05) is 12.1 Å². The molecule has 0 fully saturated rings. The molecule has 0 unspecified atom stereocenters. The Morgan fingerprint density at radius 1 is 0.902 bits per heavy atom. The Balaban J connectivity index is 1.51. The number of sulfonamides is 1. The van der Waals surface area contributed by atoms with Gasteiger partial charge in [-0.25, -0.2) is 31.4 Å². The first kappa shape index (κ1) is 38.0. The van der Waals surface area contributed by atoms with E-state index >= 15 is 8.78 Å². The molecular weight excluding hydrogens is 692 g/mol. The van der Waals surface area contributed by atoms with Gasteiger partial charge in [0, 0.05) is 42.4 Å². The summed E-state index contributed by atoms with van der Waals surface area (Å²) in [5.74, 6) is -6.97. The van der Waals surface area contributed by atoms with Crippen LogP contribution >= 0.6 is 0 Å². The summed E-state index contributed by atoms with van der Waals surface area (Å²) in [4.78, 5) is 62.2. The van der Waals surface area contributed by atoms with Gasteiger partial charge in [0.25, 0.3) is 27.4 Å². The van der Waals surface area contributed by atoms with Crippen molar-refractivity contribution in [2.45, 2.75) is 57.5 Å². The fourth-order valence-corrected chi connectivity index (χ4v) is 5.99. The van der Waals surface area contributed by atoms with Gasteiger partial charge in [0.15, 0.2) is 0 Å². The Morgan fingerprint density at radius 3 is 2.10 bits per heavy atom. The summed E-state index contributed by atoms with van der Waals surface area (Å²) >= 11 is 0. The predicted molar refractivity (Wildman–Crippen MR) is 182 cm³/mol. The van der Waals surface area contributed by atoms with Crippen molar-refractivity contribution < 1.29 is 41.8 Å². The van der Waals surface area contributed by atoms with E-state index in [1.807, 2.05) is 4.72 Å². The Hall–Kier alpha value is -5.84. The maximum atomic E-state index is 15.1. The number of benzene rings is 3. The number of amides is 2. The molecule has 3 aromatic carbocycles. The third-order valence-electron chi connectivity index (χ3n) is 7.84. The summed E-state index contributed by atoms with van der Waals surface area (Å²) in [6, 6.07) is 7.61. The minimum absolute atomic E-state index is 0.217. The van der Waals surface area contributed by atoms with Crippen molar-refractivity contribution in [3.05, 3.63) is 115 Å². The van der Waals surface area contributed by atoms with Gasteiger partial charge in [0.2, 0.25) is 0 Å². The summed E-state index contributed by atoms with van der Waals surface area (Å²) < 4.78 is 60.1. The van der Waals surface area contributed by atoms with E-state index in [0.717, 1.165) is 22.8 Å². The Kier molecular flexibility index (Phi) is 10.6. The van der Waals surface area contributed by atoms with Gasteiger partial charge in [-0.05, 0) is 70.5 Å². The first-order chi connectivity index (χ1) is 23.6.